The van der Waals surface area contributed by atoms with E-state index in [1.54, 1.807) is 7.11 Å². The van der Waals surface area contributed by atoms with Gasteiger partial charge in [0.05, 0.1) is 0 Å². The molecule has 0 atom stereocenters. The molecule has 0 saturated heterocycles. The maximum absolute atomic E-state index is 5.25. The highest BCUT2D eigenvalue weighted by Crippen LogP contribution is 2.13. The normalized spacial score (nSPS) is 11.2. The maximum Gasteiger partial charge on any atom is 0.0474 e. The third kappa shape index (κ3) is 5.58. The zero-order valence-corrected chi connectivity index (χ0v) is 15.6. The Balaban J connectivity index is 1.69. The van der Waals surface area contributed by atoms with Gasteiger partial charge in [-0.2, -0.15) is 0 Å². The monoisotopic (exact) mass is 348 g/mol. The van der Waals surface area contributed by atoms with Gasteiger partial charge in [0.1, 0.15) is 0 Å². The Morgan fingerprint density at radius 2 is 1.50 bits per heavy atom. The Morgan fingerprint density at radius 1 is 0.808 bits per heavy atom. The standard InChI is InChI=1S/C23H28N2O/c1-26-17-9-15-24(18-21-10-4-2-5-11-21)20-23-14-8-16-25(23)19-22-12-6-3-7-13-22/h2-8,10-14,16H,9,15,17-20H2,1H3. The molecule has 0 amide bonds. The van der Waals surface area contributed by atoms with Gasteiger partial charge in [0, 0.05) is 51.8 Å². The van der Waals surface area contributed by atoms with Crippen molar-refractivity contribution in [2.45, 2.75) is 26.1 Å². The summed E-state index contributed by atoms with van der Waals surface area (Å²) in [6, 6.07) is 25.7. The van der Waals surface area contributed by atoms with Gasteiger partial charge >= 0.3 is 0 Å². The third-order valence-corrected chi connectivity index (χ3v) is 4.58. The minimum atomic E-state index is 0.802. The van der Waals surface area contributed by atoms with E-state index >= 15 is 0 Å². The Kier molecular flexibility index (Phi) is 7.05. The van der Waals surface area contributed by atoms with Crippen LogP contribution in [0.5, 0.6) is 0 Å². The summed E-state index contributed by atoms with van der Waals surface area (Å²) in [5, 5.41) is 0. The first-order chi connectivity index (χ1) is 12.8. The number of rotatable bonds is 10. The fourth-order valence-corrected chi connectivity index (χ4v) is 3.24. The summed E-state index contributed by atoms with van der Waals surface area (Å²) < 4.78 is 7.60. The Labute approximate surface area is 156 Å². The molecule has 2 aromatic carbocycles. The maximum atomic E-state index is 5.25. The molecule has 3 nitrogen and oxygen atoms in total. The average molecular weight is 348 g/mol. The molecule has 0 bridgehead atoms. The van der Waals surface area contributed by atoms with Gasteiger partial charge in [-0.3, -0.25) is 4.90 Å². The van der Waals surface area contributed by atoms with E-state index in [9.17, 15) is 0 Å². The lowest BCUT2D eigenvalue weighted by atomic mass is 10.2. The van der Waals surface area contributed by atoms with Crippen molar-refractivity contribution in [2.75, 3.05) is 20.3 Å². The van der Waals surface area contributed by atoms with Crippen LogP contribution in [-0.2, 0) is 24.4 Å². The zero-order chi connectivity index (χ0) is 18.0. The molecule has 0 spiro atoms. The molecule has 136 valence electrons. The Hall–Kier alpha value is -2.36. The van der Waals surface area contributed by atoms with Crippen LogP contribution < -0.4 is 0 Å². The number of benzene rings is 2. The molecule has 0 N–H and O–H groups in total. The third-order valence-electron chi connectivity index (χ3n) is 4.58. The molecule has 0 fully saturated rings. The van der Waals surface area contributed by atoms with Crippen molar-refractivity contribution in [3.63, 3.8) is 0 Å². The second-order valence-electron chi connectivity index (χ2n) is 6.66. The summed E-state index contributed by atoms with van der Waals surface area (Å²) in [5.41, 5.74) is 4.03. The van der Waals surface area contributed by atoms with Crippen LogP contribution >= 0.6 is 0 Å². The minimum Gasteiger partial charge on any atom is -0.385 e. The lowest BCUT2D eigenvalue weighted by Gasteiger charge is -2.23. The fourth-order valence-electron chi connectivity index (χ4n) is 3.24. The van der Waals surface area contributed by atoms with Gasteiger partial charge in [-0.05, 0) is 29.7 Å². The summed E-state index contributed by atoms with van der Waals surface area (Å²) in [6.45, 7) is 4.65. The van der Waals surface area contributed by atoms with E-state index < -0.39 is 0 Å². The van der Waals surface area contributed by atoms with E-state index in [-0.39, 0.29) is 0 Å². The van der Waals surface area contributed by atoms with E-state index in [1.807, 2.05) is 0 Å². The van der Waals surface area contributed by atoms with Crippen LogP contribution in [-0.4, -0.2) is 29.7 Å². The molecule has 26 heavy (non-hydrogen) atoms. The minimum absolute atomic E-state index is 0.802. The SMILES string of the molecule is COCCCN(Cc1ccccc1)Cc1cccn1Cc1ccccc1. The van der Waals surface area contributed by atoms with Gasteiger partial charge < -0.3 is 9.30 Å². The van der Waals surface area contributed by atoms with Crippen molar-refractivity contribution in [2.24, 2.45) is 0 Å². The Bertz CT molecular complexity index is 752. The quantitative estimate of drug-likeness (QED) is 0.499. The predicted octanol–water partition coefficient (Wildman–Crippen LogP) is 4.58. The second kappa shape index (κ2) is 9.95. The van der Waals surface area contributed by atoms with Gasteiger partial charge in [0.2, 0.25) is 0 Å². The van der Waals surface area contributed by atoms with Crippen LogP contribution in [0, 0.1) is 0 Å². The summed E-state index contributed by atoms with van der Waals surface area (Å²) in [6.07, 6.45) is 3.22. The highest BCUT2D eigenvalue weighted by atomic mass is 16.5. The van der Waals surface area contributed by atoms with Crippen molar-refractivity contribution in [1.82, 2.24) is 9.47 Å². The van der Waals surface area contributed by atoms with Crippen LogP contribution in [0.1, 0.15) is 23.2 Å². The van der Waals surface area contributed by atoms with E-state index in [4.69, 9.17) is 4.74 Å². The first-order valence-corrected chi connectivity index (χ1v) is 9.28. The molecule has 0 aliphatic carbocycles. The molecule has 0 unspecified atom stereocenters. The first kappa shape index (κ1) is 18.4. The number of hydrogen-bond acceptors (Lipinski definition) is 2. The lowest BCUT2D eigenvalue weighted by molar-refractivity contribution is 0.165. The fraction of sp³-hybridized carbons (Fsp3) is 0.304. The lowest BCUT2D eigenvalue weighted by Crippen LogP contribution is -2.26. The predicted molar refractivity (Wildman–Crippen MR) is 107 cm³/mol. The molecule has 3 rings (SSSR count). The second-order valence-corrected chi connectivity index (χ2v) is 6.66. The first-order valence-electron chi connectivity index (χ1n) is 9.28. The molecule has 0 saturated carbocycles. The zero-order valence-electron chi connectivity index (χ0n) is 15.6. The van der Waals surface area contributed by atoms with Gasteiger partial charge in [-0.15, -0.1) is 0 Å². The number of methoxy groups -OCH3 is 1. The molecule has 3 heteroatoms. The molecular formula is C23H28N2O. The Morgan fingerprint density at radius 3 is 2.19 bits per heavy atom. The van der Waals surface area contributed by atoms with Crippen molar-refractivity contribution in [1.29, 1.82) is 0 Å². The number of ether oxygens (including phenoxy) is 1. The number of hydrogen-bond donors (Lipinski definition) is 0. The largest absolute Gasteiger partial charge is 0.385 e. The molecular weight excluding hydrogens is 320 g/mol. The highest BCUT2D eigenvalue weighted by molar-refractivity contribution is 5.18. The van der Waals surface area contributed by atoms with Crippen LogP contribution in [0.25, 0.3) is 0 Å². The van der Waals surface area contributed by atoms with Crippen LogP contribution in [0.15, 0.2) is 79.0 Å². The van der Waals surface area contributed by atoms with Gasteiger partial charge in [0.15, 0.2) is 0 Å². The van der Waals surface area contributed by atoms with Crippen molar-refractivity contribution >= 4 is 0 Å². The van der Waals surface area contributed by atoms with Gasteiger partial charge in [-0.1, -0.05) is 60.7 Å². The summed E-state index contributed by atoms with van der Waals surface area (Å²) in [7, 11) is 1.77. The molecule has 0 aliphatic heterocycles. The van der Waals surface area contributed by atoms with E-state index in [2.05, 4.69) is 88.5 Å². The highest BCUT2D eigenvalue weighted by Gasteiger charge is 2.10. The van der Waals surface area contributed by atoms with Crippen molar-refractivity contribution in [3.05, 3.63) is 95.8 Å². The number of aromatic nitrogens is 1. The van der Waals surface area contributed by atoms with Crippen molar-refractivity contribution in [3.8, 4) is 0 Å². The summed E-state index contributed by atoms with van der Waals surface area (Å²) in [5.74, 6) is 0. The van der Waals surface area contributed by atoms with Crippen LogP contribution in [0.2, 0.25) is 0 Å². The van der Waals surface area contributed by atoms with Crippen molar-refractivity contribution < 1.29 is 4.74 Å². The molecule has 0 aliphatic rings. The van der Waals surface area contributed by atoms with E-state index in [0.717, 1.165) is 39.2 Å². The molecule has 1 aromatic heterocycles. The van der Waals surface area contributed by atoms with Crippen LogP contribution in [0.3, 0.4) is 0 Å². The average Bonchev–Trinajstić information content (AvgIpc) is 3.10. The topological polar surface area (TPSA) is 17.4 Å². The molecule has 1 heterocycles. The summed E-state index contributed by atoms with van der Waals surface area (Å²) >= 11 is 0. The summed E-state index contributed by atoms with van der Waals surface area (Å²) in [4.78, 5) is 2.51. The molecule has 3 aromatic rings. The van der Waals surface area contributed by atoms with E-state index in [1.165, 1.54) is 16.8 Å². The van der Waals surface area contributed by atoms with Gasteiger partial charge in [0.25, 0.3) is 0 Å². The molecule has 0 radical (unpaired) electrons. The van der Waals surface area contributed by atoms with E-state index in [0.29, 0.717) is 0 Å². The van der Waals surface area contributed by atoms with Crippen LogP contribution in [0.4, 0.5) is 0 Å². The smallest absolute Gasteiger partial charge is 0.0474 e. The number of nitrogens with zero attached hydrogens (tertiary/aromatic N) is 2. The van der Waals surface area contributed by atoms with Gasteiger partial charge in [-0.25, -0.2) is 0 Å².